The van der Waals surface area contributed by atoms with Gasteiger partial charge in [0.1, 0.15) is 0 Å². The monoisotopic (exact) mass is 1510 g/mol. The lowest BCUT2D eigenvalue weighted by molar-refractivity contribution is -0.143. The Balaban J connectivity index is 2.07. The Hall–Kier alpha value is -7.74. The number of esters is 6. The number of ether oxygens (including phenoxy) is 12. The fourth-order valence-electron chi connectivity index (χ4n) is 9.67. The number of rotatable bonds is 18. The summed E-state index contributed by atoms with van der Waals surface area (Å²) in [7, 11) is 7.70. The standard InChI is InChI=1S/C78H96O18S6/c1-73(2,3)43-25-49-67(91-37-61(79)85-19)50(26-43)98-52-28-45(75(7,8)9)30-54(69(52)93-39-63(81)87-21)100-56-32-47(77(13,14)15)34-58(71(56)95-41-65(83)89-23)102-60-36-48(78(16,17)18)35-59(72(60)96-42-66(84)90-24)101-57-33-46(76(10,11)12)31-55(70(57)94-40-64(82)88-22)99-53-29-44(74(4,5)6)27-51(97-49)68(53)92-38-62(80)86-20/h25-36H,37-42H2,1-24H3. The van der Waals surface area contributed by atoms with Gasteiger partial charge in [0.15, 0.2) is 74.1 Å². The molecule has 1 aromatic heterocycles. The van der Waals surface area contributed by atoms with Crippen molar-refractivity contribution in [3.05, 3.63) is 106 Å². The van der Waals surface area contributed by atoms with Gasteiger partial charge in [-0.3, -0.25) is 0 Å². The van der Waals surface area contributed by atoms with E-state index in [1.54, 1.807) is 0 Å². The van der Waals surface area contributed by atoms with Crippen LogP contribution in [0.2, 0.25) is 0 Å². The van der Waals surface area contributed by atoms with Crippen LogP contribution in [-0.2, 0) is 89.7 Å². The molecule has 7 aromatic rings. The first kappa shape index (κ1) is 81.6. The molecule has 0 aliphatic carbocycles. The highest BCUT2D eigenvalue weighted by Crippen LogP contribution is 2.49. The number of hydrogen-bond acceptors (Lipinski definition) is 24. The van der Waals surface area contributed by atoms with Crippen LogP contribution in [0.4, 0.5) is 0 Å². The van der Waals surface area contributed by atoms with Gasteiger partial charge in [0.2, 0.25) is 0 Å². The summed E-state index contributed by atoms with van der Waals surface area (Å²) in [6.45, 7) is 34.6. The van der Waals surface area contributed by atoms with E-state index in [1.807, 2.05) is 72.8 Å². The molecule has 0 unspecified atom stereocenters. The zero-order chi connectivity index (χ0) is 75.8. The average Bonchev–Trinajstić information content (AvgIpc) is 0.765. The van der Waals surface area contributed by atoms with Crippen LogP contribution in [0.1, 0.15) is 158 Å². The predicted molar refractivity (Wildman–Crippen MR) is 415 cm³/mol. The van der Waals surface area contributed by atoms with E-state index in [9.17, 15) is 28.8 Å². The second-order valence-electron chi connectivity index (χ2n) is 30.1. The smallest absolute Gasteiger partial charge is 0.343 e. The minimum Gasteiger partial charge on any atom is -0.479 e. The molecule has 18 nitrogen and oxygen atoms in total. The molecular weight excluding hydrogens is 1420 g/mol. The largest absolute Gasteiger partial charge is 0.479 e. The van der Waals surface area contributed by atoms with Crippen LogP contribution in [0, 0.1) is 0 Å². The first-order valence-electron chi connectivity index (χ1n) is 32.9. The van der Waals surface area contributed by atoms with Crippen LogP contribution >= 0.6 is 68.0 Å². The van der Waals surface area contributed by atoms with E-state index >= 15 is 0 Å². The highest BCUT2D eigenvalue weighted by atomic mass is 32.1. The third-order valence-electron chi connectivity index (χ3n) is 16.0. The second-order valence-corrected chi connectivity index (χ2v) is 36.6. The van der Waals surface area contributed by atoms with Crippen molar-refractivity contribution in [1.82, 2.24) is 0 Å². The zero-order valence-electron chi connectivity index (χ0n) is 63.0. The summed E-state index contributed by atoms with van der Waals surface area (Å²) in [6.07, 6.45) is 0. The molecule has 12 bridgehead atoms. The lowest BCUT2D eigenvalue weighted by Crippen LogP contribution is -2.14. The normalized spacial score (nSPS) is 12.0. The molecule has 552 valence electrons. The lowest BCUT2D eigenvalue weighted by Gasteiger charge is -2.23. The van der Waals surface area contributed by atoms with Crippen molar-refractivity contribution >= 4 is 160 Å². The van der Waals surface area contributed by atoms with Crippen LogP contribution in [0.5, 0.6) is 34.5 Å². The molecule has 0 spiro atoms. The van der Waals surface area contributed by atoms with Gasteiger partial charge in [0.25, 0.3) is 0 Å². The fourth-order valence-corrected chi connectivity index (χ4v) is 16.9. The van der Waals surface area contributed by atoms with Gasteiger partial charge in [-0.25, -0.2) is 28.8 Å². The van der Waals surface area contributed by atoms with Crippen molar-refractivity contribution in [2.45, 2.75) is 157 Å². The van der Waals surface area contributed by atoms with Crippen molar-refractivity contribution in [2.24, 2.45) is 0 Å². The Morgan fingerprint density at radius 1 is 0.216 bits per heavy atom. The molecule has 0 aliphatic rings. The predicted octanol–water partition coefficient (Wildman–Crippen LogP) is 19.1. The van der Waals surface area contributed by atoms with Crippen LogP contribution < -0.4 is 28.4 Å². The minimum absolute atomic E-state index is 0.283. The van der Waals surface area contributed by atoms with Crippen LogP contribution in [0.3, 0.4) is 0 Å². The summed E-state index contributed by atoms with van der Waals surface area (Å²) in [6, 6.07) is 24.2. The highest BCUT2D eigenvalue weighted by Gasteiger charge is 2.28. The molecule has 6 aromatic carbocycles. The molecule has 0 fully saturated rings. The first-order chi connectivity index (χ1) is 47.5. The summed E-state index contributed by atoms with van der Waals surface area (Å²) in [5, 5.41) is 0. The van der Waals surface area contributed by atoms with E-state index in [1.165, 1.54) is 111 Å². The summed E-state index contributed by atoms with van der Waals surface area (Å²) in [5.74, 6) is -2.22. The molecule has 7 rings (SSSR count). The van der Waals surface area contributed by atoms with Gasteiger partial charge < -0.3 is 56.8 Å². The molecule has 0 amide bonds. The van der Waals surface area contributed by atoms with Gasteiger partial charge >= 0.3 is 35.8 Å². The molecule has 0 saturated heterocycles. The van der Waals surface area contributed by atoms with E-state index in [4.69, 9.17) is 56.8 Å². The summed E-state index contributed by atoms with van der Waals surface area (Å²) in [4.78, 5) is 81.0. The number of methoxy groups -OCH3 is 6. The van der Waals surface area contributed by atoms with Crippen molar-refractivity contribution in [1.29, 1.82) is 0 Å². The minimum atomic E-state index is -0.653. The molecule has 0 radical (unpaired) electrons. The van der Waals surface area contributed by atoms with Gasteiger partial charge in [-0.05, 0) is 139 Å². The van der Waals surface area contributed by atoms with E-state index in [2.05, 4.69) is 125 Å². The number of fused-ring (bicyclic) bond motifs is 12. The van der Waals surface area contributed by atoms with Gasteiger partial charge in [0.05, 0.1) is 99.1 Å². The number of hydrogen-bond donors (Lipinski definition) is 0. The lowest BCUT2D eigenvalue weighted by atomic mass is 9.87. The molecule has 0 aliphatic heterocycles. The van der Waals surface area contributed by atoms with Gasteiger partial charge in [-0.2, -0.15) is 0 Å². The Labute approximate surface area is 621 Å². The maximum atomic E-state index is 13.5. The molecule has 1 heterocycles. The molecule has 24 heteroatoms. The molecular formula is C78H96O18S6. The van der Waals surface area contributed by atoms with E-state index in [-0.39, 0.29) is 34.5 Å². The second kappa shape index (κ2) is 33.4. The van der Waals surface area contributed by atoms with Crippen LogP contribution in [0.25, 0.3) is 56.4 Å². The molecule has 0 N–H and O–H groups in total. The molecule has 0 saturated carbocycles. The Morgan fingerprint density at radius 3 is 0.392 bits per heavy atom. The Morgan fingerprint density at radius 2 is 0.314 bits per heavy atom. The Kier molecular flexibility index (Phi) is 26.7. The van der Waals surface area contributed by atoms with Gasteiger partial charge in [0, 0.05) is 0 Å². The van der Waals surface area contributed by atoms with Gasteiger partial charge in [-0.15, -0.1) is 68.0 Å². The summed E-state index contributed by atoms with van der Waals surface area (Å²) >= 11 is 7.80. The van der Waals surface area contributed by atoms with Crippen molar-refractivity contribution in [3.63, 3.8) is 0 Å². The quantitative estimate of drug-likeness (QED) is 0.0577. The van der Waals surface area contributed by atoms with Crippen LogP contribution in [-0.4, -0.2) is 118 Å². The van der Waals surface area contributed by atoms with Crippen LogP contribution in [0.15, 0.2) is 72.8 Å². The fraction of sp³-hybridized carbons (Fsp3) is 0.462. The summed E-state index contributed by atoms with van der Waals surface area (Å²) < 4.78 is 78.5. The summed E-state index contributed by atoms with van der Waals surface area (Å²) in [5.41, 5.74) is 2.00. The van der Waals surface area contributed by atoms with Crippen molar-refractivity contribution in [3.8, 4) is 34.5 Å². The topological polar surface area (TPSA) is 213 Å². The van der Waals surface area contributed by atoms with E-state index in [0.717, 1.165) is 33.4 Å². The number of carbonyl (C=O) groups is 6. The van der Waals surface area contributed by atoms with E-state index in [0.29, 0.717) is 56.4 Å². The third-order valence-corrected chi connectivity index (χ3v) is 22.3. The SMILES string of the molecule is COC(=O)COc1c2cc(C(C)(C)C)cc1sc1cc(C(C)(C)C)cc(sc3cc(C(C)(C)C)cc(sc4cc(C(C)(C)C)cc(sc5cc(C(C)(C)C)cc(sc6cc(C(C)(C)C)cc(s2)c6OCC(=O)OC)c5OCC(=O)OC)c4OCC(=O)OC)c3OCC(=O)OC)c1OCC(=O)OC. The maximum Gasteiger partial charge on any atom is 0.343 e. The van der Waals surface area contributed by atoms with Gasteiger partial charge in [-0.1, -0.05) is 125 Å². The molecule has 0 atom stereocenters. The van der Waals surface area contributed by atoms with E-state index < -0.39 is 108 Å². The molecule has 102 heavy (non-hydrogen) atoms. The number of benzene rings is 6. The maximum absolute atomic E-state index is 13.5. The van der Waals surface area contributed by atoms with Crippen molar-refractivity contribution < 1.29 is 85.6 Å². The zero-order valence-corrected chi connectivity index (χ0v) is 67.9. The number of carbonyl (C=O) groups excluding carboxylic acids is 6. The first-order valence-corrected chi connectivity index (χ1v) is 37.8. The average molecular weight is 1510 g/mol. The third kappa shape index (κ3) is 21.2. The highest BCUT2D eigenvalue weighted by molar-refractivity contribution is 7.29. The van der Waals surface area contributed by atoms with Crippen molar-refractivity contribution in [2.75, 3.05) is 82.3 Å². The Bertz CT molecular complexity index is 3720.